The summed E-state index contributed by atoms with van der Waals surface area (Å²) in [5, 5.41) is 0. The Hall–Kier alpha value is -1.95. The molecule has 0 aromatic heterocycles. The fourth-order valence-electron chi connectivity index (χ4n) is 5.04. The molecule has 3 saturated heterocycles. The number of piperidine rings is 2. The second kappa shape index (κ2) is 8.42. The summed E-state index contributed by atoms with van der Waals surface area (Å²) in [6.45, 7) is 5.52. The molecule has 3 aliphatic heterocycles. The van der Waals surface area contributed by atoms with Crippen molar-refractivity contribution in [2.45, 2.75) is 58.0 Å². The summed E-state index contributed by atoms with van der Waals surface area (Å²) in [6, 6.07) is 4.89. The van der Waals surface area contributed by atoms with E-state index < -0.39 is 0 Å². The van der Waals surface area contributed by atoms with Gasteiger partial charge in [0.1, 0.15) is 5.82 Å². The molecular formula is C23H31FN2O3. The number of rotatable bonds is 4. The zero-order valence-corrected chi connectivity index (χ0v) is 17.3. The van der Waals surface area contributed by atoms with E-state index in [-0.39, 0.29) is 29.2 Å². The number of nitrogens with zero attached hydrogens (tertiary/aromatic N) is 2. The van der Waals surface area contributed by atoms with E-state index in [0.29, 0.717) is 24.9 Å². The molecule has 0 unspecified atom stereocenters. The number of benzene rings is 1. The highest BCUT2D eigenvalue weighted by Crippen LogP contribution is 2.40. The molecule has 0 saturated carbocycles. The van der Waals surface area contributed by atoms with Crippen LogP contribution in [0.2, 0.25) is 0 Å². The number of hydrogen-bond donors (Lipinski definition) is 0. The molecule has 1 aromatic carbocycles. The number of carbonyl (C=O) groups excluding carboxylic acids is 2. The molecule has 158 valence electrons. The Balaban J connectivity index is 1.32. The van der Waals surface area contributed by atoms with Gasteiger partial charge in [-0.3, -0.25) is 9.59 Å². The van der Waals surface area contributed by atoms with Crippen molar-refractivity contribution >= 4 is 11.8 Å². The van der Waals surface area contributed by atoms with Gasteiger partial charge in [0, 0.05) is 39.2 Å². The van der Waals surface area contributed by atoms with Crippen LogP contribution >= 0.6 is 0 Å². The molecule has 3 heterocycles. The smallest absolute Gasteiger partial charge is 0.226 e. The standard InChI is InChI=1S/C23H31FN2O3/c1-17-13-18(4-5-20(17)24)14-22(28)25-10-8-23(9-11-25)7-6-21(27)26(16-23)15-19-3-2-12-29-19/h4-5,13,19H,2-3,6-12,14-16H2,1H3/t19-/m1/s1. The van der Waals surface area contributed by atoms with Gasteiger partial charge in [-0.05, 0) is 61.6 Å². The fourth-order valence-corrected chi connectivity index (χ4v) is 5.04. The average molecular weight is 403 g/mol. The first kappa shape index (κ1) is 20.3. The van der Waals surface area contributed by atoms with Crippen LogP contribution < -0.4 is 0 Å². The highest BCUT2D eigenvalue weighted by Gasteiger charge is 2.42. The van der Waals surface area contributed by atoms with Crippen LogP contribution in [0.3, 0.4) is 0 Å². The quantitative estimate of drug-likeness (QED) is 0.778. The Morgan fingerprint density at radius 2 is 2.07 bits per heavy atom. The minimum Gasteiger partial charge on any atom is -0.376 e. The maximum Gasteiger partial charge on any atom is 0.226 e. The maximum atomic E-state index is 13.4. The summed E-state index contributed by atoms with van der Waals surface area (Å²) >= 11 is 0. The normalized spacial score (nSPS) is 24.3. The van der Waals surface area contributed by atoms with E-state index in [0.717, 1.165) is 63.9 Å². The van der Waals surface area contributed by atoms with Crippen LogP contribution in [0, 0.1) is 18.2 Å². The summed E-state index contributed by atoms with van der Waals surface area (Å²) in [5.74, 6) is 0.116. The highest BCUT2D eigenvalue weighted by atomic mass is 19.1. The minimum absolute atomic E-state index is 0.106. The second-order valence-corrected chi connectivity index (χ2v) is 9.05. The van der Waals surface area contributed by atoms with Gasteiger partial charge in [-0.2, -0.15) is 0 Å². The summed E-state index contributed by atoms with van der Waals surface area (Å²) < 4.78 is 19.2. The number of amides is 2. The summed E-state index contributed by atoms with van der Waals surface area (Å²) in [5.41, 5.74) is 1.57. The van der Waals surface area contributed by atoms with E-state index in [1.807, 2.05) is 9.80 Å². The molecule has 4 rings (SSSR count). The predicted octanol–water partition coefficient (Wildman–Crippen LogP) is 3.09. The Labute approximate surface area is 172 Å². The van der Waals surface area contributed by atoms with Gasteiger partial charge in [-0.15, -0.1) is 0 Å². The largest absolute Gasteiger partial charge is 0.376 e. The summed E-state index contributed by atoms with van der Waals surface area (Å²) in [6.07, 6.45) is 6.05. The molecule has 0 bridgehead atoms. The lowest BCUT2D eigenvalue weighted by Gasteiger charge is -2.47. The number of carbonyl (C=O) groups is 2. The van der Waals surface area contributed by atoms with Crippen molar-refractivity contribution < 1.29 is 18.7 Å². The average Bonchev–Trinajstić information content (AvgIpc) is 3.21. The first-order valence-electron chi connectivity index (χ1n) is 10.9. The summed E-state index contributed by atoms with van der Waals surface area (Å²) in [4.78, 5) is 29.1. The van der Waals surface area contributed by atoms with Crippen LogP contribution in [0.1, 0.15) is 49.7 Å². The van der Waals surface area contributed by atoms with Gasteiger partial charge in [0.05, 0.1) is 12.5 Å². The molecule has 0 N–H and O–H groups in total. The van der Waals surface area contributed by atoms with Crippen LogP contribution in [-0.4, -0.2) is 60.5 Å². The van der Waals surface area contributed by atoms with Gasteiger partial charge in [0.25, 0.3) is 0 Å². The molecule has 2 amide bonds. The van der Waals surface area contributed by atoms with E-state index in [1.165, 1.54) is 6.07 Å². The zero-order valence-electron chi connectivity index (χ0n) is 17.3. The third-order valence-corrected chi connectivity index (χ3v) is 6.95. The zero-order chi connectivity index (χ0) is 20.4. The number of likely N-dealkylation sites (tertiary alicyclic amines) is 2. The lowest BCUT2D eigenvalue weighted by atomic mass is 9.72. The van der Waals surface area contributed by atoms with Gasteiger partial charge in [0.2, 0.25) is 11.8 Å². The Morgan fingerprint density at radius 3 is 2.76 bits per heavy atom. The number of hydrogen-bond acceptors (Lipinski definition) is 3. The van der Waals surface area contributed by atoms with Gasteiger partial charge < -0.3 is 14.5 Å². The van der Waals surface area contributed by atoms with E-state index >= 15 is 0 Å². The molecule has 5 nitrogen and oxygen atoms in total. The van der Waals surface area contributed by atoms with Crippen LogP contribution in [0.25, 0.3) is 0 Å². The van der Waals surface area contributed by atoms with Crippen molar-refractivity contribution in [1.82, 2.24) is 9.80 Å². The van der Waals surface area contributed by atoms with Crippen molar-refractivity contribution in [2.75, 3.05) is 32.8 Å². The Morgan fingerprint density at radius 1 is 1.28 bits per heavy atom. The van der Waals surface area contributed by atoms with Gasteiger partial charge in [-0.1, -0.05) is 12.1 Å². The summed E-state index contributed by atoms with van der Waals surface area (Å²) in [7, 11) is 0. The fraction of sp³-hybridized carbons (Fsp3) is 0.652. The molecule has 3 aliphatic rings. The molecule has 1 aromatic rings. The number of aryl methyl sites for hydroxylation is 1. The monoisotopic (exact) mass is 402 g/mol. The van der Waals surface area contributed by atoms with Crippen molar-refractivity contribution in [3.05, 3.63) is 35.1 Å². The van der Waals surface area contributed by atoms with Crippen LogP contribution in [-0.2, 0) is 20.7 Å². The SMILES string of the molecule is Cc1cc(CC(=O)N2CCC3(CCC(=O)N(C[C@H]4CCCO4)C3)CC2)ccc1F. The number of ether oxygens (including phenoxy) is 1. The molecule has 1 atom stereocenters. The molecule has 0 radical (unpaired) electrons. The van der Waals surface area contributed by atoms with E-state index in [9.17, 15) is 14.0 Å². The van der Waals surface area contributed by atoms with Gasteiger partial charge >= 0.3 is 0 Å². The predicted molar refractivity (Wildman–Crippen MR) is 108 cm³/mol. The van der Waals surface area contributed by atoms with Gasteiger partial charge in [-0.25, -0.2) is 4.39 Å². The first-order chi connectivity index (χ1) is 13.9. The topological polar surface area (TPSA) is 49.9 Å². The lowest BCUT2D eigenvalue weighted by Crippen LogP contribution is -2.53. The van der Waals surface area contributed by atoms with Gasteiger partial charge in [0.15, 0.2) is 0 Å². The van der Waals surface area contributed by atoms with Crippen molar-refractivity contribution in [3.8, 4) is 0 Å². The highest BCUT2D eigenvalue weighted by molar-refractivity contribution is 5.79. The van der Waals surface area contributed by atoms with Crippen molar-refractivity contribution in [2.24, 2.45) is 5.41 Å². The molecule has 6 heteroatoms. The molecule has 3 fully saturated rings. The Kier molecular flexibility index (Phi) is 5.91. The van der Waals surface area contributed by atoms with E-state index in [2.05, 4.69) is 0 Å². The van der Waals surface area contributed by atoms with Crippen LogP contribution in [0.5, 0.6) is 0 Å². The second-order valence-electron chi connectivity index (χ2n) is 9.05. The van der Waals surface area contributed by atoms with Crippen LogP contribution in [0.4, 0.5) is 4.39 Å². The first-order valence-corrected chi connectivity index (χ1v) is 10.9. The van der Waals surface area contributed by atoms with Crippen molar-refractivity contribution in [1.29, 1.82) is 0 Å². The van der Waals surface area contributed by atoms with E-state index in [1.54, 1.807) is 19.1 Å². The third kappa shape index (κ3) is 4.63. The molecular weight excluding hydrogens is 371 g/mol. The van der Waals surface area contributed by atoms with Crippen LogP contribution in [0.15, 0.2) is 18.2 Å². The number of halogens is 1. The molecule has 1 spiro atoms. The minimum atomic E-state index is -0.236. The maximum absolute atomic E-state index is 13.4. The Bertz CT molecular complexity index is 767. The lowest BCUT2D eigenvalue weighted by molar-refractivity contribution is -0.143. The molecule has 29 heavy (non-hydrogen) atoms. The van der Waals surface area contributed by atoms with Crippen molar-refractivity contribution in [3.63, 3.8) is 0 Å². The van der Waals surface area contributed by atoms with E-state index in [4.69, 9.17) is 4.74 Å². The molecule has 0 aliphatic carbocycles. The third-order valence-electron chi connectivity index (χ3n) is 6.95.